The average Bonchev–Trinajstić information content (AvgIpc) is 2.35. The van der Waals surface area contributed by atoms with Crippen LogP contribution in [0.1, 0.15) is 12.8 Å². The van der Waals surface area contributed by atoms with Gasteiger partial charge in [0, 0.05) is 17.6 Å². The zero-order valence-electron chi connectivity index (χ0n) is 10.0. The Kier molecular flexibility index (Phi) is 6.07. The van der Waals surface area contributed by atoms with Gasteiger partial charge in [-0.25, -0.2) is 13.1 Å². The predicted molar refractivity (Wildman–Crippen MR) is 72.2 cm³/mol. The third-order valence-corrected chi connectivity index (χ3v) is 4.27. The number of halogens is 1. The van der Waals surface area contributed by atoms with Crippen LogP contribution in [-0.2, 0) is 10.0 Å². The summed E-state index contributed by atoms with van der Waals surface area (Å²) in [6.07, 6.45) is 1.16. The Morgan fingerprint density at radius 2 is 2.11 bits per heavy atom. The van der Waals surface area contributed by atoms with Crippen molar-refractivity contribution in [2.45, 2.75) is 17.7 Å². The molecule has 1 aromatic carbocycles. The second-order valence-corrected chi connectivity index (χ2v) is 6.27. The van der Waals surface area contributed by atoms with E-state index in [1.807, 2.05) is 0 Å². The van der Waals surface area contributed by atoms with Gasteiger partial charge in [-0.05, 0) is 31.0 Å². The van der Waals surface area contributed by atoms with Gasteiger partial charge >= 0.3 is 0 Å². The Balaban J connectivity index is 2.87. The van der Waals surface area contributed by atoms with E-state index in [9.17, 15) is 8.42 Å². The van der Waals surface area contributed by atoms with Gasteiger partial charge in [-0.15, -0.1) is 0 Å². The molecule has 5 nitrogen and oxygen atoms in total. The average molecular weight is 338 g/mol. The molecular weight excluding hydrogens is 322 g/mol. The van der Waals surface area contributed by atoms with E-state index in [4.69, 9.17) is 9.84 Å². The number of methoxy groups -OCH3 is 1. The summed E-state index contributed by atoms with van der Waals surface area (Å²) in [7, 11) is -2.17. The van der Waals surface area contributed by atoms with Crippen molar-refractivity contribution in [3.05, 3.63) is 22.7 Å². The van der Waals surface area contributed by atoms with E-state index in [0.717, 1.165) is 0 Å². The molecule has 0 radical (unpaired) electrons. The number of unbranched alkanes of at least 4 members (excludes halogenated alkanes) is 1. The Labute approximate surface area is 115 Å². The highest BCUT2D eigenvalue weighted by Gasteiger charge is 2.19. The molecule has 0 spiro atoms. The minimum absolute atomic E-state index is 0.0575. The highest BCUT2D eigenvalue weighted by molar-refractivity contribution is 9.10. The molecule has 0 unspecified atom stereocenters. The number of hydrogen-bond donors (Lipinski definition) is 2. The molecule has 7 heteroatoms. The van der Waals surface area contributed by atoms with E-state index in [-0.39, 0.29) is 11.5 Å². The van der Waals surface area contributed by atoms with Crippen LogP contribution in [0, 0.1) is 0 Å². The molecule has 0 atom stereocenters. The van der Waals surface area contributed by atoms with E-state index in [2.05, 4.69) is 20.7 Å². The smallest absolute Gasteiger partial charge is 0.244 e. The molecule has 1 rings (SSSR count). The molecule has 0 saturated heterocycles. The lowest BCUT2D eigenvalue weighted by molar-refractivity contribution is 0.285. The first-order valence-electron chi connectivity index (χ1n) is 5.45. The lowest BCUT2D eigenvalue weighted by atomic mass is 10.3. The highest BCUT2D eigenvalue weighted by Crippen LogP contribution is 2.26. The van der Waals surface area contributed by atoms with Crippen LogP contribution in [-0.4, -0.2) is 33.8 Å². The van der Waals surface area contributed by atoms with Gasteiger partial charge < -0.3 is 9.84 Å². The summed E-state index contributed by atoms with van der Waals surface area (Å²) in [5.41, 5.74) is 0. The largest absolute Gasteiger partial charge is 0.495 e. The van der Waals surface area contributed by atoms with Crippen LogP contribution in [0.5, 0.6) is 5.75 Å². The fourth-order valence-corrected chi connectivity index (χ4v) is 3.16. The van der Waals surface area contributed by atoms with Crippen LogP contribution in [0.25, 0.3) is 0 Å². The second-order valence-electron chi connectivity index (χ2n) is 3.62. The fraction of sp³-hybridized carbons (Fsp3) is 0.455. The topological polar surface area (TPSA) is 75.6 Å². The molecule has 0 saturated carbocycles. The van der Waals surface area contributed by atoms with Crippen LogP contribution in [0.4, 0.5) is 0 Å². The van der Waals surface area contributed by atoms with Gasteiger partial charge in [0.25, 0.3) is 0 Å². The number of ether oxygens (including phenoxy) is 1. The predicted octanol–water partition coefficient (Wildman–Crippen LogP) is 1.51. The van der Waals surface area contributed by atoms with Crippen molar-refractivity contribution in [1.29, 1.82) is 0 Å². The van der Waals surface area contributed by atoms with Gasteiger partial charge in [0.15, 0.2) is 0 Å². The van der Waals surface area contributed by atoms with Crippen molar-refractivity contribution in [1.82, 2.24) is 4.72 Å². The minimum atomic E-state index is -3.59. The number of aliphatic hydroxyl groups excluding tert-OH is 1. The summed E-state index contributed by atoms with van der Waals surface area (Å²) in [5.74, 6) is 0.299. The molecule has 0 aliphatic rings. The zero-order valence-corrected chi connectivity index (χ0v) is 12.4. The van der Waals surface area contributed by atoms with Crippen molar-refractivity contribution in [2.24, 2.45) is 0 Å². The first-order valence-corrected chi connectivity index (χ1v) is 7.73. The number of benzene rings is 1. The number of nitrogens with one attached hydrogen (secondary N) is 1. The molecule has 0 aliphatic carbocycles. The second kappa shape index (κ2) is 7.08. The molecule has 0 bridgehead atoms. The van der Waals surface area contributed by atoms with E-state index in [1.54, 1.807) is 12.1 Å². The standard InChI is InChI=1S/C11H16BrNO4S/c1-17-10-5-4-9(12)8-11(10)18(15,16)13-6-2-3-7-14/h4-5,8,13-14H,2-3,6-7H2,1H3. The summed E-state index contributed by atoms with van der Waals surface area (Å²) < 4.78 is 32.3. The summed E-state index contributed by atoms with van der Waals surface area (Å²) in [6.45, 7) is 0.348. The summed E-state index contributed by atoms with van der Waals surface area (Å²) in [4.78, 5) is 0.100. The Morgan fingerprint density at radius 3 is 2.72 bits per heavy atom. The molecule has 0 aromatic heterocycles. The maximum Gasteiger partial charge on any atom is 0.244 e. The number of aliphatic hydroxyl groups is 1. The Hall–Kier alpha value is -0.630. The van der Waals surface area contributed by atoms with Gasteiger partial charge in [-0.2, -0.15) is 0 Å². The van der Waals surface area contributed by atoms with Crippen molar-refractivity contribution < 1.29 is 18.3 Å². The summed E-state index contributed by atoms with van der Waals surface area (Å²) in [5, 5.41) is 8.63. The van der Waals surface area contributed by atoms with Crippen LogP contribution < -0.4 is 9.46 Å². The first-order chi connectivity index (χ1) is 8.51. The monoisotopic (exact) mass is 337 g/mol. The van der Waals surface area contributed by atoms with Gasteiger partial charge in [0.1, 0.15) is 10.6 Å². The van der Waals surface area contributed by atoms with Crippen LogP contribution in [0.3, 0.4) is 0 Å². The normalized spacial score (nSPS) is 11.5. The number of sulfonamides is 1. The third kappa shape index (κ3) is 4.24. The molecule has 102 valence electrons. The summed E-state index contributed by atoms with van der Waals surface area (Å²) in [6, 6.07) is 4.79. The van der Waals surface area contributed by atoms with E-state index < -0.39 is 10.0 Å². The zero-order chi connectivity index (χ0) is 13.6. The van der Waals surface area contributed by atoms with Crippen molar-refractivity contribution >= 4 is 26.0 Å². The van der Waals surface area contributed by atoms with Gasteiger partial charge in [0.05, 0.1) is 7.11 Å². The van der Waals surface area contributed by atoms with E-state index >= 15 is 0 Å². The molecule has 0 aliphatic heterocycles. The highest BCUT2D eigenvalue weighted by atomic mass is 79.9. The minimum Gasteiger partial charge on any atom is -0.495 e. The maximum absolute atomic E-state index is 12.1. The quantitative estimate of drug-likeness (QED) is 0.739. The lowest BCUT2D eigenvalue weighted by Gasteiger charge is -2.10. The van der Waals surface area contributed by atoms with Crippen LogP contribution in [0.2, 0.25) is 0 Å². The van der Waals surface area contributed by atoms with Crippen molar-refractivity contribution in [2.75, 3.05) is 20.3 Å². The fourth-order valence-electron chi connectivity index (χ4n) is 1.38. The van der Waals surface area contributed by atoms with Gasteiger partial charge in [0.2, 0.25) is 10.0 Å². The molecule has 2 N–H and O–H groups in total. The molecule has 1 aromatic rings. The Morgan fingerprint density at radius 1 is 1.39 bits per heavy atom. The van der Waals surface area contributed by atoms with Gasteiger partial charge in [-0.1, -0.05) is 15.9 Å². The Bertz CT molecular complexity index is 490. The number of hydrogen-bond acceptors (Lipinski definition) is 4. The lowest BCUT2D eigenvalue weighted by Crippen LogP contribution is -2.25. The van der Waals surface area contributed by atoms with Crippen molar-refractivity contribution in [3.63, 3.8) is 0 Å². The molecular formula is C11H16BrNO4S. The van der Waals surface area contributed by atoms with Crippen LogP contribution in [0.15, 0.2) is 27.6 Å². The molecule has 0 fully saturated rings. The van der Waals surface area contributed by atoms with Crippen LogP contribution >= 0.6 is 15.9 Å². The molecule has 0 heterocycles. The SMILES string of the molecule is COc1ccc(Br)cc1S(=O)(=O)NCCCCO. The number of rotatable bonds is 7. The maximum atomic E-state index is 12.1. The van der Waals surface area contributed by atoms with E-state index in [1.165, 1.54) is 13.2 Å². The summed E-state index contributed by atoms with van der Waals surface area (Å²) >= 11 is 3.23. The van der Waals surface area contributed by atoms with Gasteiger partial charge in [-0.3, -0.25) is 0 Å². The third-order valence-electron chi connectivity index (χ3n) is 2.29. The first kappa shape index (κ1) is 15.4. The molecule has 0 amide bonds. The molecule has 18 heavy (non-hydrogen) atoms. The van der Waals surface area contributed by atoms with Crippen molar-refractivity contribution in [3.8, 4) is 5.75 Å². The van der Waals surface area contributed by atoms with E-state index in [0.29, 0.717) is 29.6 Å².